The van der Waals surface area contributed by atoms with Gasteiger partial charge in [0.1, 0.15) is 11.6 Å². The van der Waals surface area contributed by atoms with Gasteiger partial charge in [-0.25, -0.2) is 4.39 Å². The molecule has 0 aromatic heterocycles. The molecule has 0 saturated heterocycles. The fourth-order valence-corrected chi connectivity index (χ4v) is 4.57. The van der Waals surface area contributed by atoms with E-state index in [0.717, 1.165) is 32.4 Å². The maximum absolute atomic E-state index is 13.2. The molecule has 2 aromatic carbocycles. The number of alkyl halides is 1. The molecule has 0 N–H and O–H groups in total. The van der Waals surface area contributed by atoms with Gasteiger partial charge < -0.3 is 4.74 Å². The summed E-state index contributed by atoms with van der Waals surface area (Å²) in [6.07, 6.45) is 0.878. The highest BCUT2D eigenvalue weighted by molar-refractivity contribution is 14.1. The molecule has 0 spiro atoms. The van der Waals surface area contributed by atoms with Crippen molar-refractivity contribution in [2.45, 2.75) is 11.2 Å². The number of benzene rings is 2. The third-order valence-electron chi connectivity index (χ3n) is 3.29. The highest BCUT2D eigenvalue weighted by Crippen LogP contribution is 2.43. The molecule has 2 aromatic rings. The summed E-state index contributed by atoms with van der Waals surface area (Å²) in [5, 5.41) is 0.700. The Labute approximate surface area is 143 Å². The van der Waals surface area contributed by atoms with Gasteiger partial charge in [-0.3, -0.25) is 0 Å². The van der Waals surface area contributed by atoms with E-state index in [9.17, 15) is 4.39 Å². The number of fused-ring (bicyclic) bond motifs is 1. The third kappa shape index (κ3) is 2.70. The van der Waals surface area contributed by atoms with Crippen LogP contribution in [0, 0.1) is 9.39 Å². The van der Waals surface area contributed by atoms with Crippen LogP contribution in [0.15, 0.2) is 30.3 Å². The summed E-state index contributed by atoms with van der Waals surface area (Å²) in [6, 6.07) is 8.64. The topological polar surface area (TPSA) is 9.23 Å². The molecule has 5 heteroatoms. The van der Waals surface area contributed by atoms with E-state index in [-0.39, 0.29) is 10.6 Å². The molecule has 3 rings (SSSR count). The first-order valence-corrected chi connectivity index (χ1v) is 8.47. The van der Waals surface area contributed by atoms with Crippen molar-refractivity contribution in [1.29, 1.82) is 0 Å². The molecule has 0 amide bonds. The molecule has 1 nitrogen and oxygen atoms in total. The highest BCUT2D eigenvalue weighted by atomic mass is 127. The smallest absolute Gasteiger partial charge is 0.127 e. The Hall–Kier alpha value is -0.330. The Balaban J connectivity index is 2.09. The maximum atomic E-state index is 13.2. The molecule has 104 valence electrons. The Morgan fingerprint density at radius 3 is 2.80 bits per heavy atom. The molecule has 20 heavy (non-hydrogen) atoms. The van der Waals surface area contributed by atoms with Gasteiger partial charge in [-0.1, -0.05) is 33.6 Å². The van der Waals surface area contributed by atoms with Crippen LogP contribution in [-0.4, -0.2) is 6.61 Å². The van der Waals surface area contributed by atoms with E-state index >= 15 is 0 Å². The van der Waals surface area contributed by atoms with Crippen LogP contribution in [0.3, 0.4) is 0 Å². The van der Waals surface area contributed by atoms with Crippen LogP contribution in [0.5, 0.6) is 5.75 Å². The lowest BCUT2D eigenvalue weighted by Gasteiger charge is -2.16. The van der Waals surface area contributed by atoms with Gasteiger partial charge in [0, 0.05) is 20.6 Å². The minimum atomic E-state index is -0.231. The largest absolute Gasteiger partial charge is 0.493 e. The Morgan fingerprint density at radius 1 is 1.25 bits per heavy atom. The zero-order valence-corrected chi connectivity index (χ0v) is 14.8. The molecule has 0 radical (unpaired) electrons. The summed E-state index contributed by atoms with van der Waals surface area (Å²) in [6.45, 7) is 0.683. The monoisotopic (exact) mass is 466 g/mol. The summed E-state index contributed by atoms with van der Waals surface area (Å²) in [5.74, 6) is 0.668. The van der Waals surface area contributed by atoms with Crippen molar-refractivity contribution in [1.82, 2.24) is 0 Å². The van der Waals surface area contributed by atoms with E-state index < -0.39 is 0 Å². The predicted molar refractivity (Wildman–Crippen MR) is 90.5 cm³/mol. The van der Waals surface area contributed by atoms with Gasteiger partial charge in [0.15, 0.2) is 0 Å². The zero-order valence-electron chi connectivity index (χ0n) is 10.3. The SMILES string of the molecule is Fc1ccc(C(Br)c2cc(Cl)cc3c2OCC3)c(I)c1. The van der Waals surface area contributed by atoms with E-state index in [4.69, 9.17) is 16.3 Å². The van der Waals surface area contributed by atoms with Crippen LogP contribution in [-0.2, 0) is 6.42 Å². The standard InChI is InChI=1S/C15H10BrClFIO/c16-14(11-2-1-10(18)7-13(11)19)12-6-9(17)5-8-3-4-20-15(8)12/h1-2,5-7,14H,3-4H2. The molecular weight excluding hydrogens is 457 g/mol. The van der Waals surface area contributed by atoms with Gasteiger partial charge in [-0.2, -0.15) is 0 Å². The molecular formula is C15H10BrClFIO. The molecule has 1 aliphatic rings. The lowest BCUT2D eigenvalue weighted by atomic mass is 10.0. The molecule has 0 saturated carbocycles. The molecule has 1 atom stereocenters. The average molecular weight is 468 g/mol. The summed E-state index contributed by atoms with van der Waals surface area (Å²) in [7, 11) is 0. The first-order valence-electron chi connectivity index (χ1n) is 6.10. The molecule has 1 aliphatic heterocycles. The fraction of sp³-hybridized carbons (Fsp3) is 0.200. The van der Waals surface area contributed by atoms with E-state index in [2.05, 4.69) is 38.5 Å². The second kappa shape index (κ2) is 5.81. The van der Waals surface area contributed by atoms with E-state index in [1.54, 1.807) is 6.07 Å². The van der Waals surface area contributed by atoms with Gasteiger partial charge >= 0.3 is 0 Å². The van der Waals surface area contributed by atoms with Gasteiger partial charge in [0.05, 0.1) is 11.4 Å². The molecule has 1 heterocycles. The Morgan fingerprint density at radius 2 is 2.05 bits per heavy atom. The van der Waals surface area contributed by atoms with Crippen molar-refractivity contribution in [2.75, 3.05) is 6.61 Å². The van der Waals surface area contributed by atoms with E-state index in [1.807, 2.05) is 12.1 Å². The third-order valence-corrected chi connectivity index (χ3v) is 5.42. The first-order chi connectivity index (χ1) is 9.56. The first kappa shape index (κ1) is 14.6. The van der Waals surface area contributed by atoms with Crippen molar-refractivity contribution in [3.05, 3.63) is 61.4 Å². The summed E-state index contributed by atoms with van der Waals surface area (Å²) >= 11 is 12.0. The Bertz CT molecular complexity index is 677. The maximum Gasteiger partial charge on any atom is 0.127 e. The van der Waals surface area contributed by atoms with Crippen LogP contribution in [0.2, 0.25) is 5.02 Å². The molecule has 1 unspecified atom stereocenters. The minimum absolute atomic E-state index is 0.0689. The summed E-state index contributed by atoms with van der Waals surface area (Å²) in [5.41, 5.74) is 3.13. The van der Waals surface area contributed by atoms with Gasteiger partial charge in [0.25, 0.3) is 0 Å². The fourth-order valence-electron chi connectivity index (χ4n) is 2.36. The second-order valence-electron chi connectivity index (χ2n) is 4.61. The number of hydrogen-bond donors (Lipinski definition) is 0. The van der Waals surface area contributed by atoms with Crippen LogP contribution in [0.25, 0.3) is 0 Å². The van der Waals surface area contributed by atoms with Gasteiger partial charge in [-0.15, -0.1) is 0 Å². The number of halogens is 4. The van der Waals surface area contributed by atoms with E-state index in [0.29, 0.717) is 11.6 Å². The summed E-state index contributed by atoms with van der Waals surface area (Å²) < 4.78 is 19.8. The van der Waals surface area contributed by atoms with Crippen LogP contribution < -0.4 is 4.74 Å². The normalized spacial score (nSPS) is 14.8. The quantitative estimate of drug-likeness (QED) is 0.419. The molecule has 0 bridgehead atoms. The van der Waals surface area contributed by atoms with Crippen LogP contribution in [0.4, 0.5) is 4.39 Å². The van der Waals surface area contributed by atoms with Gasteiger partial charge in [0.2, 0.25) is 0 Å². The van der Waals surface area contributed by atoms with Crippen LogP contribution >= 0.6 is 50.1 Å². The number of ether oxygens (including phenoxy) is 1. The molecule has 0 aliphatic carbocycles. The van der Waals surface area contributed by atoms with E-state index in [1.165, 1.54) is 12.1 Å². The minimum Gasteiger partial charge on any atom is -0.493 e. The van der Waals surface area contributed by atoms with Crippen molar-refractivity contribution in [2.24, 2.45) is 0 Å². The summed E-state index contributed by atoms with van der Waals surface area (Å²) in [4.78, 5) is -0.0689. The van der Waals surface area contributed by atoms with Crippen molar-refractivity contribution in [3.8, 4) is 5.75 Å². The number of rotatable bonds is 2. The number of hydrogen-bond acceptors (Lipinski definition) is 1. The second-order valence-corrected chi connectivity index (χ2v) is 7.12. The Kier molecular flexibility index (Phi) is 4.24. The molecule has 0 fully saturated rings. The average Bonchev–Trinajstić information content (AvgIpc) is 2.85. The van der Waals surface area contributed by atoms with Crippen LogP contribution in [0.1, 0.15) is 21.5 Å². The lowest BCUT2D eigenvalue weighted by molar-refractivity contribution is 0.354. The van der Waals surface area contributed by atoms with Crippen molar-refractivity contribution >= 4 is 50.1 Å². The highest BCUT2D eigenvalue weighted by Gasteiger charge is 2.24. The van der Waals surface area contributed by atoms with Crippen molar-refractivity contribution in [3.63, 3.8) is 0 Å². The predicted octanol–water partition coefficient (Wildman–Crippen LogP) is 5.50. The van der Waals surface area contributed by atoms with Gasteiger partial charge in [-0.05, 0) is 58.0 Å². The zero-order chi connectivity index (χ0) is 14.3. The van der Waals surface area contributed by atoms with Crippen molar-refractivity contribution < 1.29 is 9.13 Å². The lowest BCUT2D eigenvalue weighted by Crippen LogP contribution is -1.99.